The second kappa shape index (κ2) is 8.65. The Morgan fingerprint density at radius 1 is 1.03 bits per heavy atom. The number of benzene rings is 3. The van der Waals surface area contributed by atoms with Crippen LogP contribution in [0.2, 0.25) is 5.02 Å². The number of pyridine rings is 1. The van der Waals surface area contributed by atoms with E-state index in [4.69, 9.17) is 16.3 Å². The van der Waals surface area contributed by atoms with Gasteiger partial charge < -0.3 is 9.84 Å². The molecule has 1 amide bonds. The highest BCUT2D eigenvalue weighted by molar-refractivity contribution is 6.52. The van der Waals surface area contributed by atoms with Crippen molar-refractivity contribution < 1.29 is 19.4 Å². The number of hydrogen-bond donors (Lipinski definition) is 1. The predicted molar refractivity (Wildman–Crippen MR) is 131 cm³/mol. The van der Waals surface area contributed by atoms with Crippen molar-refractivity contribution in [1.82, 2.24) is 4.98 Å². The molecule has 34 heavy (non-hydrogen) atoms. The maximum atomic E-state index is 13.4. The monoisotopic (exact) mass is 470 g/mol. The molecule has 0 aliphatic carbocycles. The SMILES string of the molecule is COc1ccc(/C(O)=C2\C(=O)C(=O)N(c3cccc4ccccc34)C2c2cccnc2)cc1Cl. The number of aromatic nitrogens is 1. The van der Waals surface area contributed by atoms with Gasteiger partial charge in [0.05, 0.1) is 29.4 Å². The molecule has 1 aliphatic rings. The zero-order valence-corrected chi connectivity index (χ0v) is 18.9. The number of carbonyl (C=O) groups is 2. The molecule has 3 aromatic carbocycles. The molecule has 1 unspecified atom stereocenters. The first-order valence-electron chi connectivity index (χ1n) is 10.5. The number of aliphatic hydroxyl groups is 1. The molecule has 6 nitrogen and oxygen atoms in total. The fourth-order valence-electron chi connectivity index (χ4n) is 4.32. The van der Waals surface area contributed by atoms with Gasteiger partial charge in [-0.1, -0.05) is 54.1 Å². The highest BCUT2D eigenvalue weighted by Crippen LogP contribution is 2.44. The van der Waals surface area contributed by atoms with Crippen molar-refractivity contribution in [3.05, 3.63) is 107 Å². The summed E-state index contributed by atoms with van der Waals surface area (Å²) in [7, 11) is 1.48. The summed E-state index contributed by atoms with van der Waals surface area (Å²) < 4.78 is 5.18. The number of nitrogens with zero attached hydrogens (tertiary/aromatic N) is 2. The zero-order chi connectivity index (χ0) is 23.8. The van der Waals surface area contributed by atoms with E-state index in [-0.39, 0.29) is 16.4 Å². The van der Waals surface area contributed by atoms with Crippen LogP contribution in [0, 0.1) is 0 Å². The third-order valence-electron chi connectivity index (χ3n) is 5.90. The number of carbonyl (C=O) groups excluding carboxylic acids is 2. The van der Waals surface area contributed by atoms with Crippen LogP contribution in [0.5, 0.6) is 5.75 Å². The number of halogens is 1. The molecule has 1 fully saturated rings. The largest absolute Gasteiger partial charge is 0.507 e. The van der Waals surface area contributed by atoms with Gasteiger partial charge in [0.2, 0.25) is 0 Å². The van der Waals surface area contributed by atoms with Crippen LogP contribution in [-0.4, -0.2) is 28.9 Å². The van der Waals surface area contributed by atoms with Gasteiger partial charge in [-0.25, -0.2) is 0 Å². The lowest BCUT2D eigenvalue weighted by atomic mass is 9.95. The van der Waals surface area contributed by atoms with Gasteiger partial charge in [-0.05, 0) is 41.3 Å². The Balaban J connectivity index is 1.76. The molecule has 168 valence electrons. The number of ether oxygens (including phenoxy) is 1. The van der Waals surface area contributed by atoms with E-state index >= 15 is 0 Å². The normalized spacial score (nSPS) is 17.4. The van der Waals surface area contributed by atoms with Crippen molar-refractivity contribution in [3.63, 3.8) is 0 Å². The quantitative estimate of drug-likeness (QED) is 0.241. The van der Waals surface area contributed by atoms with Gasteiger partial charge in [0.15, 0.2) is 0 Å². The summed E-state index contributed by atoms with van der Waals surface area (Å²) in [6.07, 6.45) is 3.19. The van der Waals surface area contributed by atoms with Crippen molar-refractivity contribution in [3.8, 4) is 5.75 Å². The molecule has 4 aromatic rings. The maximum absolute atomic E-state index is 13.4. The number of Topliss-reactive ketones (excluding diaryl/α,β-unsaturated/α-hetero) is 1. The summed E-state index contributed by atoms with van der Waals surface area (Å²) in [5, 5.41) is 13.3. The molecule has 0 saturated carbocycles. The summed E-state index contributed by atoms with van der Waals surface area (Å²) in [6.45, 7) is 0. The second-order valence-electron chi connectivity index (χ2n) is 7.80. The first kappa shape index (κ1) is 21.7. The van der Waals surface area contributed by atoms with E-state index in [1.807, 2.05) is 36.4 Å². The molecule has 1 atom stereocenters. The van der Waals surface area contributed by atoms with E-state index in [1.54, 1.807) is 42.7 Å². The standard InChI is InChI=1S/C27H19ClN2O4/c1-34-22-12-11-17(14-20(22)28)25(31)23-24(18-8-5-13-29-15-18)30(27(33)26(23)32)21-10-4-7-16-6-2-3-9-19(16)21/h2-15,24,31H,1H3/b25-23+. The molecular weight excluding hydrogens is 452 g/mol. The van der Waals surface area contributed by atoms with E-state index < -0.39 is 17.7 Å². The van der Waals surface area contributed by atoms with Crippen LogP contribution < -0.4 is 9.64 Å². The fraction of sp³-hybridized carbons (Fsp3) is 0.0741. The first-order valence-corrected chi connectivity index (χ1v) is 10.9. The van der Waals surface area contributed by atoms with Crippen LogP contribution in [0.4, 0.5) is 5.69 Å². The smallest absolute Gasteiger partial charge is 0.300 e. The van der Waals surface area contributed by atoms with Gasteiger partial charge in [0.25, 0.3) is 11.7 Å². The summed E-state index contributed by atoms with van der Waals surface area (Å²) in [5.74, 6) is -1.41. The maximum Gasteiger partial charge on any atom is 0.300 e. The van der Waals surface area contributed by atoms with Gasteiger partial charge >= 0.3 is 0 Å². The summed E-state index contributed by atoms with van der Waals surface area (Å²) in [6, 6.07) is 20.5. The second-order valence-corrected chi connectivity index (χ2v) is 8.21. The highest BCUT2D eigenvalue weighted by atomic mass is 35.5. The molecular formula is C27H19ClN2O4. The third kappa shape index (κ3) is 3.49. The molecule has 1 saturated heterocycles. The van der Waals surface area contributed by atoms with Crippen molar-refractivity contribution in [2.45, 2.75) is 6.04 Å². The van der Waals surface area contributed by atoms with Crippen LogP contribution in [0.3, 0.4) is 0 Å². The summed E-state index contributed by atoms with van der Waals surface area (Å²) in [4.78, 5) is 32.4. The molecule has 0 bridgehead atoms. The van der Waals surface area contributed by atoms with Crippen molar-refractivity contribution in [1.29, 1.82) is 0 Å². The Kier molecular flexibility index (Phi) is 5.51. The van der Waals surface area contributed by atoms with Gasteiger partial charge in [0.1, 0.15) is 11.5 Å². The predicted octanol–water partition coefficient (Wildman–Crippen LogP) is 5.52. The molecule has 1 aromatic heterocycles. The highest BCUT2D eigenvalue weighted by Gasteiger charge is 2.47. The first-order chi connectivity index (χ1) is 16.5. The summed E-state index contributed by atoms with van der Waals surface area (Å²) >= 11 is 6.26. The molecule has 7 heteroatoms. The summed E-state index contributed by atoms with van der Waals surface area (Å²) in [5.41, 5.74) is 1.43. The Bertz CT molecular complexity index is 1460. The van der Waals surface area contributed by atoms with Crippen LogP contribution in [0.15, 0.2) is 90.8 Å². The molecule has 1 aliphatic heterocycles. The average molecular weight is 471 g/mol. The van der Waals surface area contributed by atoms with Crippen LogP contribution in [0.1, 0.15) is 17.2 Å². The Morgan fingerprint density at radius 3 is 2.56 bits per heavy atom. The molecule has 0 radical (unpaired) electrons. The fourth-order valence-corrected chi connectivity index (χ4v) is 4.58. The van der Waals surface area contributed by atoms with Gasteiger partial charge in [0, 0.05) is 23.3 Å². The number of hydrogen-bond acceptors (Lipinski definition) is 5. The Morgan fingerprint density at radius 2 is 1.82 bits per heavy atom. The number of fused-ring (bicyclic) bond motifs is 1. The zero-order valence-electron chi connectivity index (χ0n) is 18.1. The van der Waals surface area contributed by atoms with E-state index in [1.165, 1.54) is 18.1 Å². The van der Waals surface area contributed by atoms with E-state index in [2.05, 4.69) is 4.98 Å². The number of aliphatic hydroxyl groups excluding tert-OH is 1. The van der Waals surface area contributed by atoms with Crippen molar-refractivity contribution >= 4 is 45.5 Å². The number of amides is 1. The molecule has 2 heterocycles. The van der Waals surface area contributed by atoms with Crippen LogP contribution >= 0.6 is 11.6 Å². The number of methoxy groups -OCH3 is 1. The van der Waals surface area contributed by atoms with E-state index in [0.717, 1.165) is 10.8 Å². The van der Waals surface area contributed by atoms with Crippen molar-refractivity contribution in [2.24, 2.45) is 0 Å². The lowest BCUT2D eigenvalue weighted by Gasteiger charge is -2.26. The molecule has 5 rings (SSSR count). The minimum atomic E-state index is -0.875. The van der Waals surface area contributed by atoms with Crippen LogP contribution in [0.25, 0.3) is 16.5 Å². The minimum absolute atomic E-state index is 0.0350. The van der Waals surface area contributed by atoms with Gasteiger partial charge in [-0.15, -0.1) is 0 Å². The lowest BCUT2D eigenvalue weighted by Crippen LogP contribution is -2.29. The van der Waals surface area contributed by atoms with Gasteiger partial charge in [-0.2, -0.15) is 0 Å². The topological polar surface area (TPSA) is 79.7 Å². The number of ketones is 1. The Labute approximate surface area is 200 Å². The van der Waals surface area contributed by atoms with Gasteiger partial charge in [-0.3, -0.25) is 19.5 Å². The number of anilines is 1. The number of rotatable bonds is 4. The molecule has 0 spiro atoms. The minimum Gasteiger partial charge on any atom is -0.507 e. The van der Waals surface area contributed by atoms with E-state index in [9.17, 15) is 14.7 Å². The lowest BCUT2D eigenvalue weighted by molar-refractivity contribution is -0.132. The molecule has 1 N–H and O–H groups in total. The Hall–Kier alpha value is -4.16. The van der Waals surface area contributed by atoms with Crippen molar-refractivity contribution in [2.75, 3.05) is 12.0 Å². The van der Waals surface area contributed by atoms with E-state index in [0.29, 0.717) is 22.6 Å². The average Bonchev–Trinajstić information content (AvgIpc) is 3.14. The van der Waals surface area contributed by atoms with Crippen LogP contribution in [-0.2, 0) is 9.59 Å². The third-order valence-corrected chi connectivity index (χ3v) is 6.19.